The van der Waals surface area contributed by atoms with Crippen molar-refractivity contribution in [1.82, 2.24) is 5.32 Å². The van der Waals surface area contributed by atoms with E-state index >= 15 is 0 Å². The van der Waals surface area contributed by atoms with Gasteiger partial charge in [0, 0.05) is 12.3 Å². The topological polar surface area (TPSA) is 63.2 Å². The largest absolute Gasteiger partial charge is 0.351 e. The van der Waals surface area contributed by atoms with Gasteiger partial charge < -0.3 is 5.32 Å². The highest BCUT2D eigenvalue weighted by Gasteiger charge is 2.25. The Morgan fingerprint density at radius 2 is 2.00 bits per heavy atom. The SMILES string of the molecule is CS(=O)(=O)CC(=O)NC1CCCCC1Cl. The number of sulfone groups is 1. The summed E-state index contributed by atoms with van der Waals surface area (Å²) in [5.74, 6) is -0.900. The van der Waals surface area contributed by atoms with Gasteiger partial charge in [-0.15, -0.1) is 11.6 Å². The molecule has 6 heteroatoms. The summed E-state index contributed by atoms with van der Waals surface area (Å²) in [7, 11) is -3.25. The highest BCUT2D eigenvalue weighted by Crippen LogP contribution is 2.22. The van der Waals surface area contributed by atoms with Crippen molar-refractivity contribution in [3.05, 3.63) is 0 Å². The minimum absolute atomic E-state index is 0.0674. The first kappa shape index (κ1) is 12.8. The standard InChI is InChI=1S/C9H16ClNO3S/c1-15(13,14)6-9(12)11-8-5-3-2-4-7(8)10/h7-8H,2-6H2,1H3,(H,11,12). The molecule has 0 heterocycles. The Morgan fingerprint density at radius 3 is 2.53 bits per heavy atom. The van der Waals surface area contributed by atoms with Crippen LogP contribution in [0.1, 0.15) is 25.7 Å². The summed E-state index contributed by atoms with van der Waals surface area (Å²) in [6.45, 7) is 0. The van der Waals surface area contributed by atoms with Crippen molar-refractivity contribution in [3.8, 4) is 0 Å². The molecule has 1 aliphatic rings. The lowest BCUT2D eigenvalue weighted by molar-refractivity contribution is -0.119. The number of alkyl halides is 1. The monoisotopic (exact) mass is 253 g/mol. The highest BCUT2D eigenvalue weighted by atomic mass is 35.5. The van der Waals surface area contributed by atoms with Crippen LogP contribution in [0.15, 0.2) is 0 Å². The molecule has 1 N–H and O–H groups in total. The average Bonchev–Trinajstić information content (AvgIpc) is 2.05. The summed E-state index contributed by atoms with van der Waals surface area (Å²) in [6, 6.07) is -0.0744. The van der Waals surface area contributed by atoms with E-state index in [1.807, 2.05) is 0 Å². The maximum absolute atomic E-state index is 11.3. The van der Waals surface area contributed by atoms with E-state index in [4.69, 9.17) is 11.6 Å². The van der Waals surface area contributed by atoms with E-state index in [0.717, 1.165) is 31.9 Å². The van der Waals surface area contributed by atoms with Gasteiger partial charge in [0.2, 0.25) is 5.91 Å². The molecule has 1 amide bonds. The van der Waals surface area contributed by atoms with Gasteiger partial charge in [-0.1, -0.05) is 12.8 Å². The first-order valence-corrected chi connectivity index (χ1v) is 7.49. The summed E-state index contributed by atoms with van der Waals surface area (Å²) >= 11 is 6.03. The lowest BCUT2D eigenvalue weighted by Crippen LogP contribution is -2.44. The van der Waals surface area contributed by atoms with E-state index in [2.05, 4.69) is 5.32 Å². The van der Waals surface area contributed by atoms with Gasteiger partial charge in [0.15, 0.2) is 9.84 Å². The first-order chi connectivity index (χ1) is 6.88. The fourth-order valence-corrected chi connectivity index (χ4v) is 2.64. The Labute approximate surface area is 95.3 Å². The van der Waals surface area contributed by atoms with E-state index in [1.165, 1.54) is 0 Å². The molecule has 0 aromatic rings. The zero-order valence-corrected chi connectivity index (χ0v) is 10.3. The van der Waals surface area contributed by atoms with Gasteiger partial charge in [-0.3, -0.25) is 4.79 Å². The molecule has 1 saturated carbocycles. The molecule has 0 aliphatic heterocycles. The third-order valence-electron chi connectivity index (χ3n) is 2.42. The second-order valence-corrected chi connectivity index (χ2v) is 6.75. The Balaban J connectivity index is 2.43. The first-order valence-electron chi connectivity index (χ1n) is 4.99. The van der Waals surface area contributed by atoms with Crippen LogP contribution in [-0.2, 0) is 14.6 Å². The van der Waals surface area contributed by atoms with Gasteiger partial charge in [0.05, 0.1) is 5.38 Å². The molecule has 0 bridgehead atoms. The number of hydrogen-bond donors (Lipinski definition) is 1. The Bertz CT molecular complexity index is 328. The molecule has 15 heavy (non-hydrogen) atoms. The zero-order chi connectivity index (χ0) is 11.5. The molecule has 88 valence electrons. The molecule has 0 aromatic carbocycles. The van der Waals surface area contributed by atoms with Gasteiger partial charge in [-0.25, -0.2) is 8.42 Å². The lowest BCUT2D eigenvalue weighted by Gasteiger charge is -2.27. The van der Waals surface area contributed by atoms with Crippen molar-refractivity contribution in [2.75, 3.05) is 12.0 Å². The normalized spacial score (nSPS) is 27.3. The molecular weight excluding hydrogens is 238 g/mol. The molecule has 0 saturated heterocycles. The summed E-state index contributed by atoms with van der Waals surface area (Å²) in [4.78, 5) is 11.3. The summed E-state index contributed by atoms with van der Waals surface area (Å²) in [6.07, 6.45) is 4.88. The number of carbonyl (C=O) groups is 1. The number of nitrogens with one attached hydrogen (secondary N) is 1. The molecule has 1 aliphatic carbocycles. The fraction of sp³-hybridized carbons (Fsp3) is 0.889. The van der Waals surface area contributed by atoms with Crippen LogP contribution < -0.4 is 5.32 Å². The van der Waals surface area contributed by atoms with Gasteiger partial charge in [0.1, 0.15) is 5.75 Å². The van der Waals surface area contributed by atoms with Crippen LogP contribution in [0.3, 0.4) is 0 Å². The third-order valence-corrected chi connectivity index (χ3v) is 3.73. The third kappa shape index (κ3) is 4.84. The van der Waals surface area contributed by atoms with Crippen LogP contribution in [0, 0.1) is 0 Å². The van der Waals surface area contributed by atoms with Crippen molar-refractivity contribution >= 4 is 27.3 Å². The van der Waals surface area contributed by atoms with Crippen LogP contribution in [0.5, 0.6) is 0 Å². The van der Waals surface area contributed by atoms with E-state index in [1.54, 1.807) is 0 Å². The molecule has 1 rings (SSSR count). The second kappa shape index (κ2) is 5.16. The van der Waals surface area contributed by atoms with Crippen molar-refractivity contribution in [2.45, 2.75) is 37.1 Å². The Hall–Kier alpha value is -0.290. The predicted molar refractivity (Wildman–Crippen MR) is 59.8 cm³/mol. The van der Waals surface area contributed by atoms with Gasteiger partial charge in [-0.05, 0) is 12.8 Å². The second-order valence-electron chi connectivity index (χ2n) is 4.04. The van der Waals surface area contributed by atoms with Crippen LogP contribution in [0.4, 0.5) is 0 Å². The number of halogens is 1. The number of carbonyl (C=O) groups excluding carboxylic acids is 1. The van der Waals surface area contributed by atoms with E-state index in [0.29, 0.717) is 0 Å². The van der Waals surface area contributed by atoms with Crippen molar-refractivity contribution in [1.29, 1.82) is 0 Å². The van der Waals surface area contributed by atoms with Gasteiger partial charge >= 0.3 is 0 Å². The molecule has 2 atom stereocenters. The van der Waals surface area contributed by atoms with E-state index in [9.17, 15) is 13.2 Å². The predicted octanol–water partition coefficient (Wildman–Crippen LogP) is 0.697. The molecule has 1 fully saturated rings. The average molecular weight is 254 g/mol. The highest BCUT2D eigenvalue weighted by molar-refractivity contribution is 7.91. The summed E-state index contributed by atoms with van der Waals surface area (Å²) in [5, 5.41) is 2.61. The van der Waals surface area contributed by atoms with Gasteiger partial charge in [0.25, 0.3) is 0 Å². The van der Waals surface area contributed by atoms with Crippen LogP contribution in [0.25, 0.3) is 0 Å². The Morgan fingerprint density at radius 1 is 1.40 bits per heavy atom. The minimum Gasteiger partial charge on any atom is -0.351 e. The lowest BCUT2D eigenvalue weighted by atomic mass is 9.95. The molecule has 4 nitrogen and oxygen atoms in total. The van der Waals surface area contributed by atoms with Crippen LogP contribution in [0.2, 0.25) is 0 Å². The molecule has 2 unspecified atom stereocenters. The van der Waals surface area contributed by atoms with Crippen LogP contribution >= 0.6 is 11.6 Å². The molecule has 0 radical (unpaired) electrons. The maximum Gasteiger partial charge on any atom is 0.235 e. The number of rotatable bonds is 3. The fourth-order valence-electron chi connectivity index (χ4n) is 1.73. The molecular formula is C9H16ClNO3S. The van der Waals surface area contributed by atoms with Crippen molar-refractivity contribution in [3.63, 3.8) is 0 Å². The minimum atomic E-state index is -3.25. The summed E-state index contributed by atoms with van der Waals surface area (Å²) in [5.41, 5.74) is 0. The quantitative estimate of drug-likeness (QED) is 0.753. The smallest absolute Gasteiger partial charge is 0.235 e. The van der Waals surface area contributed by atoms with E-state index in [-0.39, 0.29) is 11.4 Å². The van der Waals surface area contributed by atoms with Gasteiger partial charge in [-0.2, -0.15) is 0 Å². The van der Waals surface area contributed by atoms with E-state index < -0.39 is 21.5 Å². The zero-order valence-electron chi connectivity index (χ0n) is 8.70. The van der Waals surface area contributed by atoms with Crippen LogP contribution in [-0.4, -0.2) is 37.8 Å². The van der Waals surface area contributed by atoms with Crippen molar-refractivity contribution in [2.24, 2.45) is 0 Å². The maximum atomic E-state index is 11.3. The summed E-state index contributed by atoms with van der Waals surface area (Å²) < 4.78 is 21.7. The van der Waals surface area contributed by atoms with Crippen molar-refractivity contribution < 1.29 is 13.2 Å². The molecule has 0 aromatic heterocycles. The number of amides is 1. The Kier molecular flexibility index (Phi) is 4.40. The number of hydrogen-bond acceptors (Lipinski definition) is 3. The molecule has 0 spiro atoms.